The van der Waals surface area contributed by atoms with Crippen LogP contribution in [0.1, 0.15) is 26.8 Å². The Bertz CT molecular complexity index is 915. The topological polar surface area (TPSA) is 68.3 Å². The van der Waals surface area contributed by atoms with E-state index >= 15 is 0 Å². The molecule has 0 bridgehead atoms. The fourth-order valence-corrected chi connectivity index (χ4v) is 3.26. The minimum Gasteiger partial charge on any atom is -0.452 e. The molecule has 0 fully saturated rings. The van der Waals surface area contributed by atoms with Gasteiger partial charge in [0.05, 0.1) is 11.6 Å². The van der Waals surface area contributed by atoms with Gasteiger partial charge in [0.2, 0.25) is 0 Å². The molecule has 3 rings (SSSR count). The van der Waals surface area contributed by atoms with Gasteiger partial charge >= 0.3 is 5.97 Å². The first kappa shape index (κ1) is 19.0. The molecule has 1 amide bonds. The van der Waals surface area contributed by atoms with Gasteiger partial charge in [-0.25, -0.2) is 14.2 Å². The lowest BCUT2D eigenvalue weighted by atomic mass is 10.1. The largest absolute Gasteiger partial charge is 0.452 e. The van der Waals surface area contributed by atoms with Crippen molar-refractivity contribution in [2.24, 2.45) is 0 Å². The molecular weight excluding hydrogens is 391 g/mol. The number of amides is 1. The highest BCUT2D eigenvalue weighted by atomic mass is 35.5. The molecule has 1 atom stereocenters. The number of benzene rings is 1. The van der Waals surface area contributed by atoms with Crippen molar-refractivity contribution < 1.29 is 18.7 Å². The zero-order chi connectivity index (χ0) is 19.2. The zero-order valence-electron chi connectivity index (χ0n) is 13.9. The predicted molar refractivity (Wildman–Crippen MR) is 100 cm³/mol. The minimum atomic E-state index is -0.677. The molecule has 0 aliphatic rings. The summed E-state index contributed by atoms with van der Waals surface area (Å²) in [6.07, 6.45) is 1.27. The second-order valence-corrected chi connectivity index (χ2v) is 6.88. The van der Waals surface area contributed by atoms with Gasteiger partial charge < -0.3 is 10.1 Å². The third-order valence-corrected chi connectivity index (χ3v) is 4.79. The van der Waals surface area contributed by atoms with Crippen molar-refractivity contribution in [2.45, 2.75) is 6.04 Å². The van der Waals surface area contributed by atoms with E-state index in [9.17, 15) is 14.0 Å². The average Bonchev–Trinajstić information content (AvgIpc) is 3.20. The maximum Gasteiger partial charge on any atom is 0.340 e. The van der Waals surface area contributed by atoms with Crippen LogP contribution in [0.3, 0.4) is 0 Å². The molecule has 138 valence electrons. The van der Waals surface area contributed by atoms with E-state index in [2.05, 4.69) is 10.3 Å². The lowest BCUT2D eigenvalue weighted by molar-refractivity contribution is -0.124. The second-order valence-electron chi connectivity index (χ2n) is 5.51. The Kier molecular flexibility index (Phi) is 6.16. The Morgan fingerprint density at radius 3 is 2.59 bits per heavy atom. The number of nitrogens with zero attached hydrogens (tertiary/aromatic N) is 1. The molecule has 0 saturated carbocycles. The Hall–Kier alpha value is -2.77. The van der Waals surface area contributed by atoms with E-state index in [-0.39, 0.29) is 16.5 Å². The van der Waals surface area contributed by atoms with Crippen LogP contribution in [0.4, 0.5) is 4.39 Å². The summed E-state index contributed by atoms with van der Waals surface area (Å²) >= 11 is 7.13. The first-order chi connectivity index (χ1) is 13.0. The molecule has 3 aromatic rings. The van der Waals surface area contributed by atoms with Gasteiger partial charge in [0.15, 0.2) is 6.61 Å². The van der Waals surface area contributed by atoms with Crippen molar-refractivity contribution in [1.29, 1.82) is 0 Å². The summed E-state index contributed by atoms with van der Waals surface area (Å²) in [4.78, 5) is 28.9. The number of carbonyl (C=O) groups is 2. The predicted octanol–water partition coefficient (Wildman–Crippen LogP) is 4.00. The number of halogens is 2. The number of ether oxygens (including phenoxy) is 1. The minimum absolute atomic E-state index is 0.195. The van der Waals surface area contributed by atoms with Crippen molar-refractivity contribution in [3.05, 3.63) is 87.1 Å². The van der Waals surface area contributed by atoms with Crippen LogP contribution in [0.15, 0.2) is 60.1 Å². The summed E-state index contributed by atoms with van der Waals surface area (Å²) in [5.74, 6) is -1.52. The van der Waals surface area contributed by atoms with Crippen LogP contribution < -0.4 is 5.32 Å². The van der Waals surface area contributed by atoms with E-state index in [1.54, 1.807) is 12.1 Å². The molecule has 0 spiro atoms. The zero-order valence-corrected chi connectivity index (χ0v) is 15.5. The summed E-state index contributed by atoms with van der Waals surface area (Å²) < 4.78 is 18.2. The number of esters is 1. The van der Waals surface area contributed by atoms with Gasteiger partial charge in [-0.2, -0.15) is 0 Å². The van der Waals surface area contributed by atoms with E-state index in [4.69, 9.17) is 16.3 Å². The fraction of sp³-hybridized carbons (Fsp3) is 0.105. The van der Waals surface area contributed by atoms with Crippen LogP contribution in [0.5, 0.6) is 0 Å². The van der Waals surface area contributed by atoms with E-state index in [1.165, 1.54) is 41.8 Å². The molecule has 0 unspecified atom stereocenters. The standard InChI is InChI=1S/C19H14ClFN2O3S/c20-16-8-5-13(10-22-16)19(25)26-11-17(24)23-18(15-2-1-9-27-15)12-3-6-14(21)7-4-12/h1-10,18H,11H2,(H,23,24)/t18-/m1/s1. The van der Waals surface area contributed by atoms with E-state index < -0.39 is 24.5 Å². The molecule has 0 radical (unpaired) electrons. The number of thiophene rings is 1. The fourth-order valence-electron chi connectivity index (χ4n) is 2.34. The van der Waals surface area contributed by atoms with Crippen LogP contribution in [-0.2, 0) is 9.53 Å². The summed E-state index contributed by atoms with van der Waals surface area (Å²) in [5, 5.41) is 4.94. The SMILES string of the molecule is O=C(COC(=O)c1ccc(Cl)nc1)N[C@H](c1ccc(F)cc1)c1cccs1. The summed E-state index contributed by atoms with van der Waals surface area (Å²) in [6.45, 7) is -0.454. The lowest BCUT2D eigenvalue weighted by Gasteiger charge is -2.18. The Balaban J connectivity index is 1.65. The molecule has 27 heavy (non-hydrogen) atoms. The average molecular weight is 405 g/mol. The number of aromatic nitrogens is 1. The van der Waals surface area contributed by atoms with Gasteiger partial charge in [-0.15, -0.1) is 11.3 Å². The van der Waals surface area contributed by atoms with Crippen LogP contribution in [-0.4, -0.2) is 23.5 Å². The molecule has 2 aromatic heterocycles. The smallest absolute Gasteiger partial charge is 0.340 e. The van der Waals surface area contributed by atoms with Crippen molar-refractivity contribution in [3.8, 4) is 0 Å². The van der Waals surface area contributed by atoms with Gasteiger partial charge in [0.25, 0.3) is 5.91 Å². The Morgan fingerprint density at radius 1 is 1.19 bits per heavy atom. The number of pyridine rings is 1. The monoisotopic (exact) mass is 404 g/mol. The molecule has 5 nitrogen and oxygen atoms in total. The van der Waals surface area contributed by atoms with Gasteiger partial charge in [-0.3, -0.25) is 4.79 Å². The highest BCUT2D eigenvalue weighted by molar-refractivity contribution is 7.10. The van der Waals surface area contributed by atoms with Crippen LogP contribution in [0.2, 0.25) is 5.15 Å². The molecule has 8 heteroatoms. The first-order valence-corrected chi connectivity index (χ1v) is 9.15. The van der Waals surface area contributed by atoms with E-state index in [1.807, 2.05) is 17.5 Å². The molecule has 2 heterocycles. The highest BCUT2D eigenvalue weighted by Gasteiger charge is 2.19. The number of nitrogens with one attached hydrogen (secondary N) is 1. The molecule has 0 aliphatic carbocycles. The van der Waals surface area contributed by atoms with Crippen LogP contribution in [0, 0.1) is 5.82 Å². The van der Waals surface area contributed by atoms with E-state index in [0.717, 1.165) is 10.4 Å². The van der Waals surface area contributed by atoms with Gasteiger partial charge in [0, 0.05) is 11.1 Å². The molecular formula is C19H14ClFN2O3S. The molecule has 1 N–H and O–H groups in total. The van der Waals surface area contributed by atoms with Crippen LogP contribution in [0.25, 0.3) is 0 Å². The lowest BCUT2D eigenvalue weighted by Crippen LogP contribution is -2.32. The molecule has 0 saturated heterocycles. The van der Waals surface area contributed by atoms with Crippen molar-refractivity contribution in [1.82, 2.24) is 10.3 Å². The summed E-state index contributed by atoms with van der Waals surface area (Å²) in [6, 6.07) is 12.0. The molecule has 0 aliphatic heterocycles. The quantitative estimate of drug-likeness (QED) is 0.498. The highest BCUT2D eigenvalue weighted by Crippen LogP contribution is 2.26. The maximum absolute atomic E-state index is 13.2. The summed E-state index contributed by atoms with van der Waals surface area (Å²) in [7, 11) is 0. The molecule has 1 aromatic carbocycles. The normalized spacial score (nSPS) is 11.6. The van der Waals surface area contributed by atoms with Gasteiger partial charge in [-0.1, -0.05) is 29.8 Å². The maximum atomic E-state index is 13.2. The van der Waals surface area contributed by atoms with Gasteiger partial charge in [0.1, 0.15) is 11.0 Å². The summed E-state index contributed by atoms with van der Waals surface area (Å²) in [5.41, 5.74) is 0.918. The third-order valence-electron chi connectivity index (χ3n) is 3.63. The number of rotatable bonds is 6. The Morgan fingerprint density at radius 2 is 1.96 bits per heavy atom. The van der Waals surface area contributed by atoms with Crippen molar-refractivity contribution in [2.75, 3.05) is 6.61 Å². The van der Waals surface area contributed by atoms with Crippen LogP contribution >= 0.6 is 22.9 Å². The van der Waals surface area contributed by atoms with Crippen molar-refractivity contribution >= 4 is 34.8 Å². The Labute approximate surface area is 163 Å². The second kappa shape index (κ2) is 8.75. The van der Waals surface area contributed by atoms with Crippen molar-refractivity contribution in [3.63, 3.8) is 0 Å². The van der Waals surface area contributed by atoms with Gasteiger partial charge in [-0.05, 0) is 41.3 Å². The number of carbonyl (C=O) groups excluding carboxylic acids is 2. The van der Waals surface area contributed by atoms with E-state index in [0.29, 0.717) is 0 Å². The number of hydrogen-bond donors (Lipinski definition) is 1. The first-order valence-electron chi connectivity index (χ1n) is 7.90. The number of hydrogen-bond acceptors (Lipinski definition) is 5. The third kappa shape index (κ3) is 5.12.